The standard InChI is InChI=1S/C17H22ClNO4/c1-15(2,3)23-14(22)19-12-7-6-10(8-11(12)18)17(13(20)21)9-16(17,4)5/h6-8H,9H2,1-5H3,(H,19,22)(H,20,21). The minimum Gasteiger partial charge on any atom is -0.481 e. The quantitative estimate of drug-likeness (QED) is 0.853. The molecular weight excluding hydrogens is 318 g/mol. The van der Waals surface area contributed by atoms with Crippen molar-refractivity contribution in [1.82, 2.24) is 0 Å². The molecule has 1 fully saturated rings. The maximum Gasteiger partial charge on any atom is 0.412 e. The fraction of sp³-hybridized carbons (Fsp3) is 0.529. The predicted octanol–water partition coefficient (Wildman–Crippen LogP) is 4.44. The second kappa shape index (κ2) is 5.41. The van der Waals surface area contributed by atoms with Crippen LogP contribution in [-0.4, -0.2) is 22.8 Å². The molecule has 6 heteroatoms. The Balaban J connectivity index is 2.23. The predicted molar refractivity (Wildman–Crippen MR) is 89.0 cm³/mol. The van der Waals surface area contributed by atoms with Gasteiger partial charge >= 0.3 is 12.1 Å². The first-order valence-corrected chi connectivity index (χ1v) is 7.80. The van der Waals surface area contributed by atoms with Crippen molar-refractivity contribution in [3.8, 4) is 0 Å². The molecule has 126 valence electrons. The summed E-state index contributed by atoms with van der Waals surface area (Å²) in [6, 6.07) is 4.92. The summed E-state index contributed by atoms with van der Waals surface area (Å²) in [6.07, 6.45) is -0.0447. The van der Waals surface area contributed by atoms with Crippen molar-refractivity contribution in [3.05, 3.63) is 28.8 Å². The first-order chi connectivity index (χ1) is 10.4. The maximum absolute atomic E-state index is 11.8. The summed E-state index contributed by atoms with van der Waals surface area (Å²) in [5, 5.41) is 12.5. The number of carboxylic acid groups (broad SMARTS) is 1. The van der Waals surface area contributed by atoms with Crippen molar-refractivity contribution in [2.24, 2.45) is 5.41 Å². The van der Waals surface area contributed by atoms with Crippen LogP contribution in [0.3, 0.4) is 0 Å². The molecule has 1 amide bonds. The van der Waals surface area contributed by atoms with Gasteiger partial charge in [-0.15, -0.1) is 0 Å². The van der Waals surface area contributed by atoms with Gasteiger partial charge in [0.25, 0.3) is 0 Å². The van der Waals surface area contributed by atoms with Crippen molar-refractivity contribution in [3.63, 3.8) is 0 Å². The van der Waals surface area contributed by atoms with Crippen molar-refractivity contribution in [1.29, 1.82) is 0 Å². The van der Waals surface area contributed by atoms with E-state index in [0.29, 0.717) is 17.7 Å². The Bertz CT molecular complexity index is 663. The second-order valence-corrected chi connectivity index (χ2v) is 8.00. The number of amides is 1. The highest BCUT2D eigenvalue weighted by atomic mass is 35.5. The van der Waals surface area contributed by atoms with E-state index < -0.39 is 23.1 Å². The van der Waals surface area contributed by atoms with E-state index in [0.717, 1.165) is 0 Å². The number of carboxylic acids is 1. The summed E-state index contributed by atoms with van der Waals surface area (Å²) in [6.45, 7) is 9.14. The molecule has 0 saturated heterocycles. The third kappa shape index (κ3) is 3.29. The van der Waals surface area contributed by atoms with E-state index in [4.69, 9.17) is 16.3 Å². The van der Waals surface area contributed by atoms with E-state index in [1.165, 1.54) is 0 Å². The number of carbonyl (C=O) groups is 2. The van der Waals surface area contributed by atoms with Gasteiger partial charge in [0.15, 0.2) is 0 Å². The van der Waals surface area contributed by atoms with Crippen LogP contribution < -0.4 is 5.32 Å². The lowest BCUT2D eigenvalue weighted by Crippen LogP contribution is -2.27. The molecule has 1 aromatic carbocycles. The van der Waals surface area contributed by atoms with E-state index in [1.807, 2.05) is 13.8 Å². The Labute approximate surface area is 141 Å². The molecule has 0 aromatic heterocycles. The van der Waals surface area contributed by atoms with Crippen LogP contribution in [0.2, 0.25) is 5.02 Å². The van der Waals surface area contributed by atoms with Crippen LogP contribution >= 0.6 is 11.6 Å². The van der Waals surface area contributed by atoms with E-state index >= 15 is 0 Å². The third-order valence-corrected chi connectivity index (χ3v) is 4.51. The summed E-state index contributed by atoms with van der Waals surface area (Å²) in [5.41, 5.74) is -0.802. The van der Waals surface area contributed by atoms with Gasteiger partial charge < -0.3 is 9.84 Å². The Hall–Kier alpha value is -1.75. The zero-order valence-electron chi connectivity index (χ0n) is 14.0. The zero-order valence-corrected chi connectivity index (χ0v) is 14.7. The van der Waals surface area contributed by atoms with Gasteiger partial charge in [0, 0.05) is 0 Å². The lowest BCUT2D eigenvalue weighted by Gasteiger charge is -2.21. The van der Waals surface area contributed by atoms with E-state index in [1.54, 1.807) is 39.0 Å². The highest BCUT2D eigenvalue weighted by Crippen LogP contribution is 2.64. The molecule has 5 nitrogen and oxygen atoms in total. The molecule has 0 bridgehead atoms. The van der Waals surface area contributed by atoms with Crippen molar-refractivity contribution < 1.29 is 19.4 Å². The monoisotopic (exact) mass is 339 g/mol. The van der Waals surface area contributed by atoms with E-state index in [9.17, 15) is 14.7 Å². The Morgan fingerprint density at radius 1 is 1.30 bits per heavy atom. The molecule has 0 spiro atoms. The van der Waals surface area contributed by atoms with Gasteiger partial charge in [0.05, 0.1) is 16.1 Å². The lowest BCUT2D eigenvalue weighted by atomic mass is 9.88. The number of hydrogen-bond acceptors (Lipinski definition) is 3. The van der Waals surface area contributed by atoms with Crippen LogP contribution in [0.4, 0.5) is 10.5 Å². The molecule has 0 heterocycles. The number of carbonyl (C=O) groups excluding carboxylic acids is 1. The highest BCUT2D eigenvalue weighted by molar-refractivity contribution is 6.33. The molecule has 1 saturated carbocycles. The average molecular weight is 340 g/mol. The molecule has 0 aliphatic heterocycles. The number of nitrogens with one attached hydrogen (secondary N) is 1. The SMILES string of the molecule is CC(C)(C)OC(=O)Nc1ccc(C2(C(=O)O)CC2(C)C)cc1Cl. The Kier molecular flexibility index (Phi) is 4.14. The maximum atomic E-state index is 11.8. The molecule has 1 aromatic rings. The second-order valence-electron chi connectivity index (χ2n) is 7.59. The van der Waals surface area contributed by atoms with Crippen LogP contribution in [-0.2, 0) is 14.9 Å². The van der Waals surface area contributed by atoms with Gasteiger partial charge in [-0.2, -0.15) is 0 Å². The number of benzene rings is 1. The first-order valence-electron chi connectivity index (χ1n) is 7.42. The summed E-state index contributed by atoms with van der Waals surface area (Å²) in [7, 11) is 0. The van der Waals surface area contributed by atoms with E-state index in [-0.39, 0.29) is 10.4 Å². The normalized spacial score (nSPS) is 22.3. The van der Waals surface area contributed by atoms with Crippen molar-refractivity contribution >= 4 is 29.4 Å². The average Bonchev–Trinajstić information content (AvgIpc) is 2.94. The molecule has 1 unspecified atom stereocenters. The lowest BCUT2D eigenvalue weighted by molar-refractivity contribution is -0.141. The van der Waals surface area contributed by atoms with Gasteiger partial charge in [-0.3, -0.25) is 10.1 Å². The topological polar surface area (TPSA) is 75.6 Å². The van der Waals surface area contributed by atoms with Crippen LogP contribution in [0.25, 0.3) is 0 Å². The fourth-order valence-electron chi connectivity index (χ4n) is 2.90. The van der Waals surface area contributed by atoms with Crippen LogP contribution in [0.15, 0.2) is 18.2 Å². The number of anilines is 1. The molecule has 2 rings (SSSR count). The first kappa shape index (κ1) is 17.6. The minimum absolute atomic E-state index is 0.289. The molecule has 1 aliphatic rings. The van der Waals surface area contributed by atoms with Crippen LogP contribution in [0.1, 0.15) is 46.6 Å². The van der Waals surface area contributed by atoms with Crippen molar-refractivity contribution in [2.45, 2.75) is 52.1 Å². The molecule has 23 heavy (non-hydrogen) atoms. The molecule has 1 aliphatic carbocycles. The summed E-state index contributed by atoms with van der Waals surface area (Å²) in [5.74, 6) is -0.855. The third-order valence-electron chi connectivity index (χ3n) is 4.20. The van der Waals surface area contributed by atoms with Gasteiger partial charge in [-0.05, 0) is 50.3 Å². The fourth-order valence-corrected chi connectivity index (χ4v) is 3.12. The number of aliphatic carboxylic acids is 1. The Morgan fingerprint density at radius 3 is 2.26 bits per heavy atom. The largest absolute Gasteiger partial charge is 0.481 e. The van der Waals surface area contributed by atoms with Crippen LogP contribution in [0, 0.1) is 5.41 Å². The Morgan fingerprint density at radius 2 is 1.87 bits per heavy atom. The summed E-state index contributed by atoms with van der Waals surface area (Å²) in [4.78, 5) is 23.5. The molecule has 0 radical (unpaired) electrons. The van der Waals surface area contributed by atoms with Gasteiger partial charge in [0.1, 0.15) is 5.60 Å². The van der Waals surface area contributed by atoms with Crippen LogP contribution in [0.5, 0.6) is 0 Å². The number of hydrogen-bond donors (Lipinski definition) is 2. The van der Waals surface area contributed by atoms with Gasteiger partial charge in [-0.1, -0.05) is 31.5 Å². The zero-order chi connectivity index (χ0) is 17.6. The van der Waals surface area contributed by atoms with E-state index in [2.05, 4.69) is 5.32 Å². The molecule has 2 N–H and O–H groups in total. The molecule has 1 atom stereocenters. The summed E-state index contributed by atoms with van der Waals surface area (Å²) >= 11 is 6.21. The number of ether oxygens (including phenoxy) is 1. The number of rotatable bonds is 3. The highest BCUT2D eigenvalue weighted by Gasteiger charge is 2.67. The number of halogens is 1. The van der Waals surface area contributed by atoms with Crippen molar-refractivity contribution in [2.75, 3.05) is 5.32 Å². The molecular formula is C17H22ClNO4. The minimum atomic E-state index is -0.916. The summed E-state index contributed by atoms with van der Waals surface area (Å²) < 4.78 is 5.18. The van der Waals surface area contributed by atoms with Gasteiger partial charge in [0.2, 0.25) is 0 Å². The van der Waals surface area contributed by atoms with Gasteiger partial charge in [-0.25, -0.2) is 4.79 Å². The smallest absolute Gasteiger partial charge is 0.412 e.